The van der Waals surface area contributed by atoms with Gasteiger partial charge in [-0.15, -0.1) is 0 Å². The Morgan fingerprint density at radius 2 is 0.818 bits per heavy atom. The highest BCUT2D eigenvalue weighted by Crippen LogP contribution is 2.12. The zero-order valence-electron chi connectivity index (χ0n) is 14.5. The predicted molar refractivity (Wildman–Crippen MR) is 88.7 cm³/mol. The van der Waals surface area contributed by atoms with Crippen LogP contribution in [0.3, 0.4) is 0 Å². The first-order chi connectivity index (χ1) is 10.7. The Kier molecular flexibility index (Phi) is 15.5. The molecule has 0 aliphatic rings. The molecule has 0 aromatic carbocycles. The van der Waals surface area contributed by atoms with Gasteiger partial charge in [0.1, 0.15) is 0 Å². The van der Waals surface area contributed by atoms with Crippen molar-refractivity contribution in [3.8, 4) is 0 Å². The van der Waals surface area contributed by atoms with Crippen molar-refractivity contribution in [2.45, 2.75) is 90.9 Å². The van der Waals surface area contributed by atoms with E-state index in [-0.39, 0.29) is 11.9 Å². The van der Waals surface area contributed by atoms with Gasteiger partial charge in [0.05, 0.1) is 13.2 Å². The number of rotatable bonds is 15. The molecule has 22 heavy (non-hydrogen) atoms. The van der Waals surface area contributed by atoms with Gasteiger partial charge >= 0.3 is 11.9 Å². The molecule has 0 rings (SSSR count). The number of hydrogen-bond donors (Lipinski definition) is 0. The molecule has 0 radical (unpaired) electrons. The largest absolute Gasteiger partial charge is 0.466 e. The van der Waals surface area contributed by atoms with E-state index in [2.05, 4.69) is 0 Å². The van der Waals surface area contributed by atoms with E-state index in [0.29, 0.717) is 26.1 Å². The molecule has 4 heteroatoms. The van der Waals surface area contributed by atoms with Crippen LogP contribution in [0.25, 0.3) is 0 Å². The summed E-state index contributed by atoms with van der Waals surface area (Å²) in [6.45, 7) is 4.65. The van der Waals surface area contributed by atoms with Gasteiger partial charge in [0, 0.05) is 12.8 Å². The van der Waals surface area contributed by atoms with Crippen LogP contribution in [0, 0.1) is 0 Å². The second kappa shape index (κ2) is 16.3. The van der Waals surface area contributed by atoms with Gasteiger partial charge in [0.15, 0.2) is 0 Å². The first-order valence-corrected chi connectivity index (χ1v) is 9.02. The van der Waals surface area contributed by atoms with Crippen LogP contribution in [0.4, 0.5) is 0 Å². The van der Waals surface area contributed by atoms with E-state index in [4.69, 9.17) is 9.47 Å². The third-order valence-electron chi connectivity index (χ3n) is 3.62. The van der Waals surface area contributed by atoms with Crippen LogP contribution >= 0.6 is 0 Å². The van der Waals surface area contributed by atoms with Gasteiger partial charge in [-0.3, -0.25) is 9.59 Å². The molecule has 0 fully saturated rings. The summed E-state index contributed by atoms with van der Waals surface area (Å²) in [5.74, 6) is -0.129. The fourth-order valence-electron chi connectivity index (χ4n) is 2.42. The topological polar surface area (TPSA) is 52.6 Å². The Bertz CT molecular complexity index is 248. The van der Waals surface area contributed by atoms with Crippen LogP contribution in [0.1, 0.15) is 90.9 Å². The molecular weight excluding hydrogens is 280 g/mol. The first-order valence-electron chi connectivity index (χ1n) is 9.02. The summed E-state index contributed by atoms with van der Waals surface area (Å²) in [5.41, 5.74) is 0. The molecule has 0 heterocycles. The minimum Gasteiger partial charge on any atom is -0.466 e. The molecule has 130 valence electrons. The van der Waals surface area contributed by atoms with Crippen molar-refractivity contribution >= 4 is 11.9 Å². The van der Waals surface area contributed by atoms with Crippen LogP contribution in [0.5, 0.6) is 0 Å². The van der Waals surface area contributed by atoms with Crippen molar-refractivity contribution in [2.75, 3.05) is 13.2 Å². The first kappa shape index (κ1) is 20.9. The van der Waals surface area contributed by atoms with E-state index in [0.717, 1.165) is 25.7 Å². The molecular formula is C18H34O4. The predicted octanol–water partition coefficient (Wildman–Crippen LogP) is 4.79. The van der Waals surface area contributed by atoms with Crippen LogP contribution in [0.2, 0.25) is 0 Å². The minimum absolute atomic E-state index is 0.0645. The average molecular weight is 314 g/mol. The average Bonchev–Trinajstić information content (AvgIpc) is 2.49. The van der Waals surface area contributed by atoms with Crippen LogP contribution in [0.15, 0.2) is 0 Å². The van der Waals surface area contributed by atoms with Crippen molar-refractivity contribution in [2.24, 2.45) is 0 Å². The van der Waals surface area contributed by atoms with E-state index >= 15 is 0 Å². The number of hydrogen-bond acceptors (Lipinski definition) is 4. The summed E-state index contributed by atoms with van der Waals surface area (Å²) in [7, 11) is 0. The SMILES string of the molecule is CCOC(=O)CCCCCCCCCCCCC(=O)OCC. The second-order valence-electron chi connectivity index (χ2n) is 5.65. The lowest BCUT2D eigenvalue weighted by atomic mass is 10.1. The summed E-state index contributed by atoms with van der Waals surface area (Å²) in [4.78, 5) is 22.3. The lowest BCUT2D eigenvalue weighted by molar-refractivity contribution is -0.144. The third kappa shape index (κ3) is 15.3. The van der Waals surface area contributed by atoms with Crippen molar-refractivity contribution in [3.05, 3.63) is 0 Å². The number of esters is 2. The van der Waals surface area contributed by atoms with Crippen LogP contribution in [-0.4, -0.2) is 25.2 Å². The highest BCUT2D eigenvalue weighted by atomic mass is 16.5. The van der Waals surface area contributed by atoms with Gasteiger partial charge in [-0.05, 0) is 26.7 Å². The molecule has 0 saturated heterocycles. The van der Waals surface area contributed by atoms with Crippen LogP contribution in [-0.2, 0) is 19.1 Å². The number of carbonyl (C=O) groups excluding carboxylic acids is 2. The smallest absolute Gasteiger partial charge is 0.305 e. The molecule has 0 spiro atoms. The minimum atomic E-state index is -0.0645. The van der Waals surface area contributed by atoms with Gasteiger partial charge in [0.2, 0.25) is 0 Å². The Hall–Kier alpha value is -1.06. The van der Waals surface area contributed by atoms with E-state index in [1.807, 2.05) is 13.8 Å². The molecule has 0 N–H and O–H groups in total. The standard InChI is InChI=1S/C18H34O4/c1-3-21-17(19)15-13-11-9-7-5-6-8-10-12-14-16-18(20)22-4-2/h3-16H2,1-2H3. The molecule has 4 nitrogen and oxygen atoms in total. The Labute approximate surface area is 135 Å². The van der Waals surface area contributed by atoms with E-state index in [1.54, 1.807) is 0 Å². The van der Waals surface area contributed by atoms with Crippen molar-refractivity contribution < 1.29 is 19.1 Å². The molecule has 0 unspecified atom stereocenters. The van der Waals surface area contributed by atoms with Gasteiger partial charge in [-0.25, -0.2) is 0 Å². The Morgan fingerprint density at radius 3 is 1.09 bits per heavy atom. The zero-order valence-corrected chi connectivity index (χ0v) is 14.5. The molecule has 0 atom stereocenters. The molecule has 0 amide bonds. The fraction of sp³-hybridized carbons (Fsp3) is 0.889. The molecule has 0 aromatic heterocycles. The fourth-order valence-corrected chi connectivity index (χ4v) is 2.42. The van der Waals surface area contributed by atoms with E-state index in [1.165, 1.54) is 38.5 Å². The summed E-state index contributed by atoms with van der Waals surface area (Å²) >= 11 is 0. The number of ether oxygens (including phenoxy) is 2. The van der Waals surface area contributed by atoms with Gasteiger partial charge in [0.25, 0.3) is 0 Å². The summed E-state index contributed by atoms with van der Waals surface area (Å²) in [6.07, 6.45) is 12.8. The quantitative estimate of drug-likeness (QED) is 0.322. The van der Waals surface area contributed by atoms with Crippen molar-refractivity contribution in [3.63, 3.8) is 0 Å². The maximum Gasteiger partial charge on any atom is 0.305 e. The van der Waals surface area contributed by atoms with Crippen LogP contribution < -0.4 is 0 Å². The summed E-state index contributed by atoms with van der Waals surface area (Å²) in [6, 6.07) is 0. The highest BCUT2D eigenvalue weighted by Gasteiger charge is 2.01. The Balaban J connectivity index is 3.11. The maximum atomic E-state index is 11.1. The van der Waals surface area contributed by atoms with Gasteiger partial charge < -0.3 is 9.47 Å². The van der Waals surface area contributed by atoms with Crippen molar-refractivity contribution in [1.82, 2.24) is 0 Å². The van der Waals surface area contributed by atoms with Gasteiger partial charge in [-0.1, -0.05) is 51.4 Å². The molecule has 0 aromatic rings. The lowest BCUT2D eigenvalue weighted by Gasteiger charge is -2.03. The summed E-state index contributed by atoms with van der Waals surface area (Å²) in [5, 5.41) is 0. The normalized spacial score (nSPS) is 10.5. The van der Waals surface area contributed by atoms with Gasteiger partial charge in [-0.2, -0.15) is 0 Å². The summed E-state index contributed by atoms with van der Waals surface area (Å²) < 4.78 is 9.79. The molecule has 0 saturated carbocycles. The maximum absolute atomic E-state index is 11.1. The number of carbonyl (C=O) groups is 2. The monoisotopic (exact) mass is 314 g/mol. The molecule has 0 aliphatic carbocycles. The molecule has 0 aliphatic heterocycles. The van der Waals surface area contributed by atoms with E-state index in [9.17, 15) is 9.59 Å². The third-order valence-corrected chi connectivity index (χ3v) is 3.62. The lowest BCUT2D eigenvalue weighted by Crippen LogP contribution is -2.03. The molecule has 0 bridgehead atoms. The highest BCUT2D eigenvalue weighted by molar-refractivity contribution is 5.69. The number of unbranched alkanes of at least 4 members (excludes halogenated alkanes) is 9. The van der Waals surface area contributed by atoms with E-state index < -0.39 is 0 Å². The van der Waals surface area contributed by atoms with Crippen molar-refractivity contribution in [1.29, 1.82) is 0 Å². The zero-order chi connectivity index (χ0) is 16.5. The Morgan fingerprint density at radius 1 is 0.545 bits per heavy atom. The second-order valence-corrected chi connectivity index (χ2v) is 5.65.